The molecule has 1 aromatic carbocycles. The van der Waals surface area contributed by atoms with Crippen molar-refractivity contribution in [3.63, 3.8) is 0 Å². The van der Waals surface area contributed by atoms with Crippen molar-refractivity contribution < 1.29 is 19.1 Å². The quantitative estimate of drug-likeness (QED) is 0.425. The fourth-order valence-corrected chi connectivity index (χ4v) is 2.38. The van der Waals surface area contributed by atoms with E-state index in [1.165, 1.54) is 6.92 Å². The Balaban J connectivity index is 1.77. The fourth-order valence-electron chi connectivity index (χ4n) is 2.38. The Bertz CT molecular complexity index is 522. The summed E-state index contributed by atoms with van der Waals surface area (Å²) in [6.07, 6.45) is 0. The van der Waals surface area contributed by atoms with Gasteiger partial charge in [0.2, 0.25) is 0 Å². The summed E-state index contributed by atoms with van der Waals surface area (Å²) in [5, 5.41) is 0. The maximum atomic E-state index is 12.3. The van der Waals surface area contributed by atoms with Gasteiger partial charge in [0.05, 0.1) is 6.54 Å². The molecule has 0 amide bonds. The van der Waals surface area contributed by atoms with Gasteiger partial charge in [0.15, 0.2) is 5.78 Å². The first-order valence-electron chi connectivity index (χ1n) is 7.85. The van der Waals surface area contributed by atoms with Gasteiger partial charge in [0.25, 0.3) is 0 Å². The van der Waals surface area contributed by atoms with Crippen molar-refractivity contribution in [2.24, 2.45) is 0 Å². The van der Waals surface area contributed by atoms with E-state index in [-0.39, 0.29) is 18.4 Å². The first-order valence-corrected chi connectivity index (χ1v) is 7.85. The van der Waals surface area contributed by atoms with Crippen LogP contribution in [-0.4, -0.2) is 74.5 Å². The summed E-state index contributed by atoms with van der Waals surface area (Å²) in [5.74, 6) is 0.466. The Morgan fingerprint density at radius 1 is 1.04 bits per heavy atom. The molecule has 2 rings (SSSR count). The maximum Gasteiger partial charge on any atom is 0.302 e. The summed E-state index contributed by atoms with van der Waals surface area (Å²) in [6.45, 7) is 6.21. The van der Waals surface area contributed by atoms with Crippen LogP contribution in [0.2, 0.25) is 0 Å². The van der Waals surface area contributed by atoms with Crippen LogP contribution in [0.3, 0.4) is 0 Å². The number of ketones is 1. The highest BCUT2D eigenvalue weighted by molar-refractivity contribution is 5.97. The highest BCUT2D eigenvalue weighted by Gasteiger charge is 2.17. The second-order valence-electron chi connectivity index (χ2n) is 5.72. The standard InChI is InChI=1S/C17H24N2O4/c1-14(20)22-11-12-23-16-5-3-15(4-6-16)17(21)13-19-9-7-18(2)8-10-19/h3-6H,7-13H2,1-2H3. The van der Waals surface area contributed by atoms with Gasteiger partial charge in [0, 0.05) is 38.7 Å². The number of esters is 1. The molecule has 0 atom stereocenters. The monoisotopic (exact) mass is 320 g/mol. The number of carbonyl (C=O) groups excluding carboxylic acids is 2. The van der Waals surface area contributed by atoms with Crippen LogP contribution in [0.1, 0.15) is 17.3 Å². The lowest BCUT2D eigenvalue weighted by molar-refractivity contribution is -0.141. The van der Waals surface area contributed by atoms with Gasteiger partial charge in [-0.3, -0.25) is 14.5 Å². The number of benzene rings is 1. The molecular formula is C17H24N2O4. The van der Waals surface area contributed by atoms with E-state index in [4.69, 9.17) is 9.47 Å². The molecule has 6 heteroatoms. The van der Waals surface area contributed by atoms with Crippen LogP contribution >= 0.6 is 0 Å². The molecule has 1 aromatic rings. The number of rotatable bonds is 7. The SMILES string of the molecule is CC(=O)OCCOc1ccc(C(=O)CN2CCN(C)CC2)cc1. The van der Waals surface area contributed by atoms with E-state index in [2.05, 4.69) is 16.8 Å². The third kappa shape index (κ3) is 6.00. The predicted molar refractivity (Wildman–Crippen MR) is 86.8 cm³/mol. The maximum absolute atomic E-state index is 12.3. The van der Waals surface area contributed by atoms with Crippen LogP contribution in [-0.2, 0) is 9.53 Å². The molecule has 126 valence electrons. The van der Waals surface area contributed by atoms with Crippen LogP contribution in [0.5, 0.6) is 5.75 Å². The van der Waals surface area contributed by atoms with Crippen LogP contribution in [0.15, 0.2) is 24.3 Å². The van der Waals surface area contributed by atoms with Gasteiger partial charge in [-0.1, -0.05) is 0 Å². The summed E-state index contributed by atoms with van der Waals surface area (Å²) in [7, 11) is 2.10. The van der Waals surface area contributed by atoms with Gasteiger partial charge < -0.3 is 14.4 Å². The second kappa shape index (κ2) is 8.64. The minimum Gasteiger partial charge on any atom is -0.490 e. The Kier molecular flexibility index (Phi) is 6.55. The van der Waals surface area contributed by atoms with Gasteiger partial charge in [-0.25, -0.2) is 0 Å². The number of hydrogen-bond donors (Lipinski definition) is 0. The molecule has 0 N–H and O–H groups in total. The highest BCUT2D eigenvalue weighted by Crippen LogP contribution is 2.13. The van der Waals surface area contributed by atoms with E-state index >= 15 is 0 Å². The van der Waals surface area contributed by atoms with Crippen LogP contribution in [0.25, 0.3) is 0 Å². The molecule has 6 nitrogen and oxygen atoms in total. The summed E-state index contributed by atoms with van der Waals surface area (Å²) in [4.78, 5) is 27.4. The molecule has 1 aliphatic rings. The molecule has 1 saturated heterocycles. The number of nitrogens with zero attached hydrogens (tertiary/aromatic N) is 2. The minimum absolute atomic E-state index is 0.126. The first kappa shape index (κ1) is 17.4. The zero-order valence-corrected chi connectivity index (χ0v) is 13.8. The predicted octanol–water partition coefficient (Wildman–Crippen LogP) is 1.06. The van der Waals surface area contributed by atoms with Gasteiger partial charge in [-0.2, -0.15) is 0 Å². The Labute approximate surface area is 137 Å². The average molecular weight is 320 g/mol. The molecule has 1 heterocycles. The van der Waals surface area contributed by atoms with Gasteiger partial charge >= 0.3 is 5.97 Å². The van der Waals surface area contributed by atoms with Gasteiger partial charge in [0.1, 0.15) is 19.0 Å². The number of Topliss-reactive ketones (excluding diaryl/α,β-unsaturated/α-hetero) is 1. The Hall–Kier alpha value is -1.92. The van der Waals surface area contributed by atoms with Gasteiger partial charge in [-0.05, 0) is 31.3 Å². The van der Waals surface area contributed by atoms with E-state index in [0.717, 1.165) is 26.2 Å². The number of carbonyl (C=O) groups is 2. The van der Waals surface area contributed by atoms with E-state index in [1.54, 1.807) is 24.3 Å². The van der Waals surface area contributed by atoms with Gasteiger partial charge in [-0.15, -0.1) is 0 Å². The topological polar surface area (TPSA) is 59.1 Å². The smallest absolute Gasteiger partial charge is 0.302 e. The third-order valence-corrected chi connectivity index (χ3v) is 3.80. The van der Waals surface area contributed by atoms with Crippen molar-refractivity contribution in [1.29, 1.82) is 0 Å². The molecule has 0 bridgehead atoms. The number of hydrogen-bond acceptors (Lipinski definition) is 6. The Morgan fingerprint density at radius 2 is 1.70 bits per heavy atom. The summed E-state index contributed by atoms with van der Waals surface area (Å²) in [6, 6.07) is 7.09. The average Bonchev–Trinajstić information content (AvgIpc) is 2.54. The van der Waals surface area contributed by atoms with Crippen LogP contribution in [0, 0.1) is 0 Å². The molecular weight excluding hydrogens is 296 g/mol. The van der Waals surface area contributed by atoms with Crippen molar-refractivity contribution in [1.82, 2.24) is 9.80 Å². The van der Waals surface area contributed by atoms with E-state index in [9.17, 15) is 9.59 Å². The first-order chi connectivity index (χ1) is 11.0. The normalized spacial score (nSPS) is 16.1. The van der Waals surface area contributed by atoms with Crippen LogP contribution < -0.4 is 4.74 Å². The molecule has 0 unspecified atom stereocenters. The summed E-state index contributed by atoms with van der Waals surface area (Å²) >= 11 is 0. The lowest BCUT2D eigenvalue weighted by Crippen LogP contribution is -2.46. The lowest BCUT2D eigenvalue weighted by Gasteiger charge is -2.31. The van der Waals surface area contributed by atoms with E-state index < -0.39 is 0 Å². The van der Waals surface area contributed by atoms with Crippen molar-refractivity contribution in [3.8, 4) is 5.75 Å². The van der Waals surface area contributed by atoms with Crippen LogP contribution in [0.4, 0.5) is 0 Å². The highest BCUT2D eigenvalue weighted by atomic mass is 16.6. The largest absolute Gasteiger partial charge is 0.490 e. The summed E-state index contributed by atoms with van der Waals surface area (Å²) < 4.78 is 10.2. The Morgan fingerprint density at radius 3 is 2.30 bits per heavy atom. The zero-order chi connectivity index (χ0) is 16.7. The fraction of sp³-hybridized carbons (Fsp3) is 0.529. The van der Waals surface area contributed by atoms with E-state index in [0.29, 0.717) is 24.5 Å². The number of ether oxygens (including phenoxy) is 2. The number of piperazine rings is 1. The minimum atomic E-state index is -0.321. The molecule has 1 fully saturated rings. The molecule has 1 aliphatic heterocycles. The molecule has 0 saturated carbocycles. The van der Waals surface area contributed by atoms with Crippen molar-refractivity contribution in [2.45, 2.75) is 6.92 Å². The second-order valence-corrected chi connectivity index (χ2v) is 5.72. The third-order valence-electron chi connectivity index (χ3n) is 3.80. The van der Waals surface area contributed by atoms with Crippen molar-refractivity contribution in [2.75, 3.05) is 53.0 Å². The van der Waals surface area contributed by atoms with Crippen molar-refractivity contribution in [3.05, 3.63) is 29.8 Å². The zero-order valence-electron chi connectivity index (χ0n) is 13.8. The lowest BCUT2D eigenvalue weighted by atomic mass is 10.1. The van der Waals surface area contributed by atoms with E-state index in [1.807, 2.05) is 0 Å². The number of likely N-dealkylation sites (N-methyl/N-ethyl adjacent to an activating group) is 1. The molecule has 0 radical (unpaired) electrons. The molecule has 0 aromatic heterocycles. The molecule has 0 aliphatic carbocycles. The molecule has 23 heavy (non-hydrogen) atoms. The molecule has 0 spiro atoms. The summed E-state index contributed by atoms with van der Waals surface area (Å²) in [5.41, 5.74) is 0.691. The van der Waals surface area contributed by atoms with Crippen molar-refractivity contribution >= 4 is 11.8 Å².